The maximum Gasteiger partial charge on any atom is 0.270 e. The summed E-state index contributed by atoms with van der Waals surface area (Å²) in [4.78, 5) is 13.5. The lowest BCUT2D eigenvalue weighted by molar-refractivity contribution is -0.122. The number of carbonyl (C=O) groups is 1. The normalized spacial score (nSPS) is 12.0. The highest BCUT2D eigenvalue weighted by atomic mass is 35.5. The van der Waals surface area contributed by atoms with E-state index in [9.17, 15) is 4.79 Å². The molecule has 0 saturated heterocycles. The third-order valence-electron chi connectivity index (χ3n) is 2.97. The molecule has 2 rings (SSSR count). The predicted molar refractivity (Wildman–Crippen MR) is 87.9 cm³/mol. The van der Waals surface area contributed by atoms with Gasteiger partial charge in [-0.2, -0.15) is 4.80 Å². The molecule has 7 nitrogen and oxygen atoms in total. The summed E-state index contributed by atoms with van der Waals surface area (Å²) in [5.74, 6) is 0.119. The summed E-state index contributed by atoms with van der Waals surface area (Å²) in [6.45, 7) is 4.33. The molecule has 1 aromatic heterocycles. The van der Waals surface area contributed by atoms with Gasteiger partial charge in [0.25, 0.3) is 11.9 Å². The van der Waals surface area contributed by atoms with Gasteiger partial charge in [-0.15, -0.1) is 5.10 Å². The number of hydrogen-bond donors (Lipinski definition) is 1. The fourth-order valence-corrected chi connectivity index (χ4v) is 2.17. The number of amides is 1. The van der Waals surface area contributed by atoms with Crippen molar-refractivity contribution in [3.63, 3.8) is 0 Å². The van der Waals surface area contributed by atoms with E-state index in [-0.39, 0.29) is 5.95 Å². The van der Waals surface area contributed by atoms with Crippen LogP contribution in [-0.2, 0) is 11.3 Å². The number of anilines is 1. The highest BCUT2D eigenvalue weighted by Gasteiger charge is 2.18. The van der Waals surface area contributed by atoms with E-state index in [1.165, 1.54) is 4.80 Å². The summed E-state index contributed by atoms with van der Waals surface area (Å²) >= 11 is 11.8. The molecular formula is C14H17Cl2N5O2. The molecule has 1 atom stereocenters. The zero-order valence-corrected chi connectivity index (χ0v) is 14.3. The molecule has 0 aliphatic heterocycles. The highest BCUT2D eigenvalue weighted by molar-refractivity contribution is 6.35. The molecule has 0 aliphatic rings. The van der Waals surface area contributed by atoms with Crippen molar-refractivity contribution in [1.82, 2.24) is 20.2 Å². The summed E-state index contributed by atoms with van der Waals surface area (Å²) in [6.07, 6.45) is 1.19. The van der Waals surface area contributed by atoms with Gasteiger partial charge >= 0.3 is 0 Å². The molecule has 9 heteroatoms. The lowest BCUT2D eigenvalue weighted by atomic mass is 10.3. The fraction of sp³-hybridized carbons (Fsp3) is 0.429. The van der Waals surface area contributed by atoms with Gasteiger partial charge in [0.15, 0.2) is 6.10 Å². The van der Waals surface area contributed by atoms with E-state index in [0.717, 1.165) is 12.8 Å². The lowest BCUT2D eigenvalue weighted by Crippen LogP contribution is -2.30. The Bertz CT molecular complexity index is 677. The van der Waals surface area contributed by atoms with Gasteiger partial charge in [-0.3, -0.25) is 10.1 Å². The summed E-state index contributed by atoms with van der Waals surface area (Å²) in [5.41, 5.74) is 0. The Balaban J connectivity index is 1.93. The zero-order chi connectivity index (χ0) is 16.8. The summed E-state index contributed by atoms with van der Waals surface area (Å²) in [5, 5.41) is 15.1. The monoisotopic (exact) mass is 357 g/mol. The van der Waals surface area contributed by atoms with E-state index < -0.39 is 12.0 Å². The second-order valence-electron chi connectivity index (χ2n) is 4.89. The molecule has 1 aromatic carbocycles. The van der Waals surface area contributed by atoms with E-state index in [2.05, 4.69) is 27.7 Å². The predicted octanol–water partition coefficient (Wildman–Crippen LogP) is 3.19. The topological polar surface area (TPSA) is 81.9 Å². The third-order valence-corrected chi connectivity index (χ3v) is 3.50. The first-order valence-electron chi connectivity index (χ1n) is 7.20. The fourth-order valence-electron chi connectivity index (χ4n) is 1.71. The molecule has 0 bridgehead atoms. The van der Waals surface area contributed by atoms with Crippen molar-refractivity contribution in [3.8, 4) is 5.75 Å². The van der Waals surface area contributed by atoms with Crippen LogP contribution in [0.15, 0.2) is 18.2 Å². The van der Waals surface area contributed by atoms with Crippen LogP contribution in [-0.4, -0.2) is 32.2 Å². The van der Waals surface area contributed by atoms with Gasteiger partial charge in [-0.05, 0) is 36.8 Å². The minimum atomic E-state index is -0.781. The summed E-state index contributed by atoms with van der Waals surface area (Å²) in [6, 6.07) is 4.78. The quantitative estimate of drug-likeness (QED) is 0.822. The van der Waals surface area contributed by atoms with Crippen LogP contribution in [0.3, 0.4) is 0 Å². The van der Waals surface area contributed by atoms with Gasteiger partial charge in [-0.25, -0.2) is 0 Å². The molecule has 1 heterocycles. The second-order valence-corrected chi connectivity index (χ2v) is 5.73. The maximum absolute atomic E-state index is 12.1. The highest BCUT2D eigenvalue weighted by Crippen LogP contribution is 2.28. The van der Waals surface area contributed by atoms with Gasteiger partial charge < -0.3 is 4.74 Å². The van der Waals surface area contributed by atoms with E-state index in [1.54, 1.807) is 25.1 Å². The second kappa shape index (κ2) is 8.12. The van der Waals surface area contributed by atoms with Crippen LogP contribution < -0.4 is 10.1 Å². The van der Waals surface area contributed by atoms with Crippen molar-refractivity contribution in [1.29, 1.82) is 0 Å². The number of carbonyl (C=O) groups excluding carboxylic acids is 1. The molecule has 0 aliphatic carbocycles. The number of aromatic nitrogens is 4. The average molecular weight is 358 g/mol. The molecule has 0 radical (unpaired) electrons. The Morgan fingerprint density at radius 1 is 1.43 bits per heavy atom. The number of aryl methyl sites for hydroxylation is 1. The number of benzene rings is 1. The molecule has 0 spiro atoms. The molecule has 1 amide bonds. The van der Waals surface area contributed by atoms with Crippen LogP contribution in [0.2, 0.25) is 10.0 Å². The minimum absolute atomic E-state index is 0.142. The van der Waals surface area contributed by atoms with Crippen molar-refractivity contribution in [2.45, 2.75) is 39.3 Å². The van der Waals surface area contributed by atoms with Gasteiger partial charge in [0, 0.05) is 5.02 Å². The zero-order valence-electron chi connectivity index (χ0n) is 12.8. The Labute approximate surface area is 143 Å². The van der Waals surface area contributed by atoms with Crippen LogP contribution in [0.25, 0.3) is 0 Å². The van der Waals surface area contributed by atoms with Gasteiger partial charge in [0.2, 0.25) is 0 Å². The Morgan fingerprint density at radius 2 is 2.22 bits per heavy atom. The number of ether oxygens (including phenoxy) is 1. The van der Waals surface area contributed by atoms with E-state index >= 15 is 0 Å². The van der Waals surface area contributed by atoms with Gasteiger partial charge in [-0.1, -0.05) is 41.6 Å². The molecule has 0 fully saturated rings. The Morgan fingerprint density at radius 3 is 2.91 bits per heavy atom. The van der Waals surface area contributed by atoms with Crippen LogP contribution in [0.4, 0.5) is 5.95 Å². The number of rotatable bonds is 7. The number of nitrogens with zero attached hydrogens (tertiary/aromatic N) is 4. The first kappa shape index (κ1) is 17.5. The number of nitrogens with one attached hydrogen (secondary N) is 1. The molecule has 0 saturated carbocycles. The van der Waals surface area contributed by atoms with E-state index in [4.69, 9.17) is 27.9 Å². The van der Waals surface area contributed by atoms with Crippen molar-refractivity contribution < 1.29 is 9.53 Å². The van der Waals surface area contributed by atoms with E-state index in [1.807, 2.05) is 0 Å². The smallest absolute Gasteiger partial charge is 0.270 e. The molecule has 1 N–H and O–H groups in total. The van der Waals surface area contributed by atoms with Crippen molar-refractivity contribution in [2.75, 3.05) is 5.32 Å². The standard InChI is InChI=1S/C14H17Cl2N5O2/c1-3-4-7-21-19-14(18-20-21)17-13(22)9(2)23-12-6-5-10(15)8-11(12)16/h5-6,8-9H,3-4,7H2,1-2H3,(H,17,19,22)/t9-/m0/s1. The van der Waals surface area contributed by atoms with E-state index in [0.29, 0.717) is 22.3 Å². The first-order chi connectivity index (χ1) is 11.0. The van der Waals surface area contributed by atoms with Crippen molar-refractivity contribution >= 4 is 35.1 Å². The third kappa shape index (κ3) is 5.07. The molecule has 124 valence electrons. The summed E-state index contributed by atoms with van der Waals surface area (Å²) in [7, 11) is 0. The van der Waals surface area contributed by atoms with Gasteiger partial charge in [0.1, 0.15) is 5.75 Å². The Hall–Kier alpha value is -1.86. The van der Waals surface area contributed by atoms with Gasteiger partial charge in [0.05, 0.1) is 11.6 Å². The first-order valence-corrected chi connectivity index (χ1v) is 7.95. The van der Waals surface area contributed by atoms with Crippen LogP contribution in [0.5, 0.6) is 5.75 Å². The summed E-state index contributed by atoms with van der Waals surface area (Å²) < 4.78 is 5.52. The number of hydrogen-bond acceptors (Lipinski definition) is 5. The lowest BCUT2D eigenvalue weighted by Gasteiger charge is -2.14. The average Bonchev–Trinajstić information content (AvgIpc) is 2.95. The molecular weight excluding hydrogens is 341 g/mol. The number of unbranched alkanes of at least 4 members (excludes halogenated alkanes) is 1. The minimum Gasteiger partial charge on any atom is -0.479 e. The number of tetrazole rings is 1. The molecule has 2 aromatic rings. The van der Waals surface area contributed by atoms with Crippen LogP contribution in [0, 0.1) is 0 Å². The SMILES string of the molecule is CCCCn1nnc(NC(=O)[C@H](C)Oc2ccc(Cl)cc2Cl)n1. The Kier molecular flexibility index (Phi) is 6.18. The molecule has 0 unspecified atom stereocenters. The number of halogens is 2. The largest absolute Gasteiger partial charge is 0.479 e. The maximum atomic E-state index is 12.1. The van der Waals surface area contributed by atoms with Crippen LogP contribution in [0.1, 0.15) is 26.7 Å². The molecule has 23 heavy (non-hydrogen) atoms. The van der Waals surface area contributed by atoms with Crippen LogP contribution >= 0.6 is 23.2 Å². The van der Waals surface area contributed by atoms with Crippen molar-refractivity contribution in [2.24, 2.45) is 0 Å². The van der Waals surface area contributed by atoms with Crippen molar-refractivity contribution in [3.05, 3.63) is 28.2 Å².